The highest BCUT2D eigenvalue weighted by Crippen LogP contribution is 2.29. The van der Waals surface area contributed by atoms with E-state index in [9.17, 15) is 0 Å². The number of hydrogen-bond acceptors (Lipinski definition) is 3. The van der Waals surface area contributed by atoms with Crippen molar-refractivity contribution in [2.24, 2.45) is 0 Å². The minimum atomic E-state index is 0.507. The van der Waals surface area contributed by atoms with Gasteiger partial charge >= 0.3 is 0 Å². The fourth-order valence-electron chi connectivity index (χ4n) is 1.99. The van der Waals surface area contributed by atoms with Crippen molar-refractivity contribution in [2.75, 3.05) is 12.3 Å². The van der Waals surface area contributed by atoms with Crippen molar-refractivity contribution in [3.05, 3.63) is 49.5 Å². The van der Waals surface area contributed by atoms with Crippen molar-refractivity contribution in [2.45, 2.75) is 30.7 Å². The largest absolute Gasteiger partial charge is 0.313 e. The summed E-state index contributed by atoms with van der Waals surface area (Å²) in [7, 11) is 0. The molecule has 1 atom stereocenters. The first-order chi connectivity index (χ1) is 10.2. The Morgan fingerprint density at radius 2 is 2.00 bits per heavy atom. The molecule has 21 heavy (non-hydrogen) atoms. The third-order valence-corrected chi connectivity index (χ3v) is 6.87. The van der Waals surface area contributed by atoms with Crippen molar-refractivity contribution in [1.82, 2.24) is 5.32 Å². The molecular formula is C16H19Br2NS2. The molecule has 0 saturated carbocycles. The summed E-state index contributed by atoms with van der Waals surface area (Å²) in [5, 5.41) is 3.67. The molecule has 0 aliphatic heterocycles. The summed E-state index contributed by atoms with van der Waals surface area (Å²) in [6, 6.07) is 13.3. The van der Waals surface area contributed by atoms with E-state index in [-0.39, 0.29) is 0 Å². The second kappa shape index (κ2) is 9.36. The highest BCUT2D eigenvalue weighted by Gasteiger charge is 2.12. The van der Waals surface area contributed by atoms with Crippen molar-refractivity contribution in [3.63, 3.8) is 0 Å². The lowest BCUT2D eigenvalue weighted by Gasteiger charge is -2.18. The molecule has 1 aromatic carbocycles. The van der Waals surface area contributed by atoms with Gasteiger partial charge in [-0.3, -0.25) is 0 Å². The molecule has 0 saturated heterocycles. The first kappa shape index (κ1) is 17.5. The molecule has 1 aromatic heterocycles. The fraction of sp³-hybridized carbons (Fsp3) is 0.375. The lowest BCUT2D eigenvalue weighted by atomic mass is 10.2. The summed E-state index contributed by atoms with van der Waals surface area (Å²) in [5.41, 5.74) is 0. The minimum Gasteiger partial charge on any atom is -0.313 e. The third-order valence-electron chi connectivity index (χ3n) is 3.04. The van der Waals surface area contributed by atoms with Crippen LogP contribution in [-0.2, 0) is 6.42 Å². The number of nitrogens with one attached hydrogen (secondary N) is 1. The SMILES string of the molecule is CCCNC(CSc1ccccc1Br)Cc1ccc(Br)s1. The Balaban J connectivity index is 1.94. The standard InChI is InChI=1S/C16H19Br2NS2/c1-2-9-19-12(10-13-7-8-16(18)21-13)11-20-15-6-4-3-5-14(15)17/h3-8,12,19H,2,9-11H2,1H3. The van der Waals surface area contributed by atoms with Gasteiger partial charge in [0.25, 0.3) is 0 Å². The Morgan fingerprint density at radius 1 is 1.19 bits per heavy atom. The van der Waals surface area contributed by atoms with E-state index in [1.165, 1.54) is 24.5 Å². The molecule has 114 valence electrons. The van der Waals surface area contributed by atoms with Crippen molar-refractivity contribution in [3.8, 4) is 0 Å². The highest BCUT2D eigenvalue weighted by atomic mass is 79.9. The predicted octanol–water partition coefficient (Wildman–Crippen LogP) is 5.98. The normalized spacial score (nSPS) is 12.5. The summed E-state index contributed by atoms with van der Waals surface area (Å²) in [4.78, 5) is 2.75. The third kappa shape index (κ3) is 6.06. The molecule has 0 fully saturated rings. The smallest absolute Gasteiger partial charge is 0.0701 e. The average Bonchev–Trinajstić information content (AvgIpc) is 2.88. The van der Waals surface area contributed by atoms with Crippen LogP contribution in [0.5, 0.6) is 0 Å². The maximum Gasteiger partial charge on any atom is 0.0701 e. The lowest BCUT2D eigenvalue weighted by molar-refractivity contribution is 0.553. The molecule has 0 aliphatic carbocycles. The number of halogens is 2. The Labute approximate surface area is 152 Å². The zero-order valence-electron chi connectivity index (χ0n) is 11.9. The van der Waals surface area contributed by atoms with E-state index >= 15 is 0 Å². The van der Waals surface area contributed by atoms with Gasteiger partial charge in [0.2, 0.25) is 0 Å². The highest BCUT2D eigenvalue weighted by molar-refractivity contribution is 9.11. The van der Waals surface area contributed by atoms with Gasteiger partial charge < -0.3 is 5.32 Å². The molecule has 1 heterocycles. The Morgan fingerprint density at radius 3 is 2.67 bits per heavy atom. The maximum absolute atomic E-state index is 3.67. The van der Waals surface area contributed by atoms with Crippen molar-refractivity contribution >= 4 is 55.0 Å². The molecule has 5 heteroatoms. The van der Waals surface area contributed by atoms with E-state index in [0.29, 0.717) is 6.04 Å². The van der Waals surface area contributed by atoms with Gasteiger partial charge in [0, 0.05) is 26.0 Å². The van der Waals surface area contributed by atoms with Crippen LogP contribution in [0.1, 0.15) is 18.2 Å². The summed E-state index contributed by atoms with van der Waals surface area (Å²) in [6.07, 6.45) is 2.26. The van der Waals surface area contributed by atoms with Crippen LogP contribution < -0.4 is 5.32 Å². The van der Waals surface area contributed by atoms with E-state index in [4.69, 9.17) is 0 Å². The molecule has 0 radical (unpaired) electrons. The summed E-state index contributed by atoms with van der Waals surface area (Å²) in [5.74, 6) is 1.08. The Kier molecular flexibility index (Phi) is 7.82. The molecule has 0 aliphatic rings. The van der Waals surface area contributed by atoms with Crippen LogP contribution in [0.2, 0.25) is 0 Å². The zero-order valence-corrected chi connectivity index (χ0v) is 16.7. The average molecular weight is 449 g/mol. The van der Waals surface area contributed by atoms with Gasteiger partial charge in [-0.2, -0.15) is 0 Å². The molecule has 1 unspecified atom stereocenters. The maximum atomic E-state index is 3.67. The Hall–Kier alpha value is 0.190. The van der Waals surface area contributed by atoms with Gasteiger partial charge in [-0.25, -0.2) is 0 Å². The Bertz CT molecular complexity index is 557. The van der Waals surface area contributed by atoms with Gasteiger partial charge in [0.15, 0.2) is 0 Å². The van der Waals surface area contributed by atoms with Crippen LogP contribution in [0.3, 0.4) is 0 Å². The molecule has 2 rings (SSSR count). The van der Waals surface area contributed by atoms with Crippen LogP contribution in [0, 0.1) is 0 Å². The van der Waals surface area contributed by atoms with Gasteiger partial charge in [-0.15, -0.1) is 23.1 Å². The molecule has 0 spiro atoms. The van der Waals surface area contributed by atoms with Crippen LogP contribution in [0.4, 0.5) is 0 Å². The molecular weight excluding hydrogens is 430 g/mol. The van der Waals surface area contributed by atoms with Gasteiger partial charge in [0.1, 0.15) is 0 Å². The number of hydrogen-bond donors (Lipinski definition) is 1. The van der Waals surface area contributed by atoms with E-state index in [1.807, 2.05) is 23.1 Å². The van der Waals surface area contributed by atoms with Crippen LogP contribution in [0.25, 0.3) is 0 Å². The number of thioether (sulfide) groups is 1. The first-order valence-corrected chi connectivity index (χ1v) is 10.4. The predicted molar refractivity (Wildman–Crippen MR) is 103 cm³/mol. The molecule has 0 amide bonds. The zero-order chi connectivity index (χ0) is 15.1. The summed E-state index contributed by atoms with van der Waals surface area (Å²) < 4.78 is 2.40. The number of rotatable bonds is 8. The van der Waals surface area contributed by atoms with Crippen LogP contribution in [-0.4, -0.2) is 18.3 Å². The lowest BCUT2D eigenvalue weighted by Crippen LogP contribution is -2.33. The van der Waals surface area contributed by atoms with Gasteiger partial charge in [-0.05, 0) is 75.5 Å². The van der Waals surface area contributed by atoms with Crippen LogP contribution >= 0.6 is 55.0 Å². The minimum absolute atomic E-state index is 0.507. The van der Waals surface area contributed by atoms with E-state index in [0.717, 1.165) is 18.7 Å². The molecule has 0 bridgehead atoms. The second-order valence-electron chi connectivity index (χ2n) is 4.80. The van der Waals surface area contributed by atoms with Gasteiger partial charge in [-0.1, -0.05) is 19.1 Å². The van der Waals surface area contributed by atoms with Crippen molar-refractivity contribution in [1.29, 1.82) is 0 Å². The van der Waals surface area contributed by atoms with Gasteiger partial charge in [0.05, 0.1) is 3.79 Å². The molecule has 2 aromatic rings. The second-order valence-corrected chi connectivity index (χ2v) is 9.27. The summed E-state index contributed by atoms with van der Waals surface area (Å²) >= 11 is 10.9. The first-order valence-electron chi connectivity index (χ1n) is 7.04. The topological polar surface area (TPSA) is 12.0 Å². The van der Waals surface area contributed by atoms with Crippen molar-refractivity contribution < 1.29 is 0 Å². The number of benzene rings is 1. The number of thiophene rings is 1. The fourth-order valence-corrected chi connectivity index (χ4v) is 5.18. The monoisotopic (exact) mass is 447 g/mol. The summed E-state index contributed by atoms with van der Waals surface area (Å²) in [6.45, 7) is 3.29. The van der Waals surface area contributed by atoms with E-state index in [1.54, 1.807) is 0 Å². The van der Waals surface area contributed by atoms with E-state index < -0.39 is 0 Å². The quantitative estimate of drug-likeness (QED) is 0.498. The molecule has 1 N–H and O–H groups in total. The van der Waals surface area contributed by atoms with Crippen LogP contribution in [0.15, 0.2) is 49.6 Å². The molecule has 1 nitrogen and oxygen atoms in total. The van der Waals surface area contributed by atoms with E-state index in [2.05, 4.69) is 80.5 Å².